The van der Waals surface area contributed by atoms with E-state index in [0.717, 1.165) is 0 Å². The average molecular weight is 289 g/mol. The van der Waals surface area contributed by atoms with Crippen molar-refractivity contribution in [2.45, 2.75) is 11.8 Å². The molecular formula is C13H11N3O3S. The van der Waals surface area contributed by atoms with E-state index in [1.165, 1.54) is 36.5 Å². The molecule has 6 nitrogen and oxygen atoms in total. The molecule has 0 unspecified atom stereocenters. The highest BCUT2D eigenvalue weighted by Gasteiger charge is 2.17. The summed E-state index contributed by atoms with van der Waals surface area (Å²) in [6.07, 6.45) is 1.36. The third kappa shape index (κ3) is 2.70. The van der Waals surface area contributed by atoms with Gasteiger partial charge in [0.15, 0.2) is 11.6 Å². The van der Waals surface area contributed by atoms with Gasteiger partial charge in [-0.05, 0) is 42.8 Å². The van der Waals surface area contributed by atoms with Gasteiger partial charge in [0.2, 0.25) is 0 Å². The number of nitrogens with zero attached hydrogens (tertiary/aromatic N) is 2. The Kier molecular flexibility index (Phi) is 3.59. The van der Waals surface area contributed by atoms with Gasteiger partial charge in [-0.1, -0.05) is 0 Å². The summed E-state index contributed by atoms with van der Waals surface area (Å²) in [5.41, 5.74) is 0.963. The molecule has 0 aliphatic carbocycles. The van der Waals surface area contributed by atoms with Crippen molar-refractivity contribution < 1.29 is 13.5 Å². The predicted molar refractivity (Wildman–Crippen MR) is 72.6 cm³/mol. The highest BCUT2D eigenvalue weighted by Crippen LogP contribution is 2.23. The highest BCUT2D eigenvalue weighted by molar-refractivity contribution is 7.92. The molecule has 2 aromatic rings. The van der Waals surface area contributed by atoms with Crippen molar-refractivity contribution in [3.05, 3.63) is 47.7 Å². The fourth-order valence-electron chi connectivity index (χ4n) is 1.59. The van der Waals surface area contributed by atoms with Crippen LogP contribution in [-0.4, -0.2) is 18.5 Å². The smallest absolute Gasteiger partial charge is 0.263 e. The Morgan fingerprint density at radius 2 is 2.10 bits per heavy atom. The lowest BCUT2D eigenvalue weighted by atomic mass is 10.1. The second-order valence-corrected chi connectivity index (χ2v) is 5.75. The van der Waals surface area contributed by atoms with Gasteiger partial charge in [0, 0.05) is 6.20 Å². The average Bonchev–Trinajstić information content (AvgIpc) is 2.41. The number of benzene rings is 1. The molecule has 0 aliphatic heterocycles. The number of rotatable bonds is 3. The third-order valence-electron chi connectivity index (χ3n) is 2.65. The Bertz CT molecular complexity index is 795. The van der Waals surface area contributed by atoms with E-state index >= 15 is 0 Å². The first-order valence-corrected chi connectivity index (χ1v) is 7.10. The monoisotopic (exact) mass is 289 g/mol. The van der Waals surface area contributed by atoms with Gasteiger partial charge in [-0.3, -0.25) is 4.72 Å². The second-order valence-electron chi connectivity index (χ2n) is 4.07. The zero-order chi connectivity index (χ0) is 14.8. The molecule has 1 aromatic heterocycles. The zero-order valence-electron chi connectivity index (χ0n) is 10.5. The van der Waals surface area contributed by atoms with Crippen molar-refractivity contribution >= 4 is 15.8 Å². The first-order chi connectivity index (χ1) is 9.44. The van der Waals surface area contributed by atoms with Crippen LogP contribution in [0.1, 0.15) is 11.1 Å². The van der Waals surface area contributed by atoms with Crippen LogP contribution in [0.15, 0.2) is 41.4 Å². The molecule has 0 spiro atoms. The van der Waals surface area contributed by atoms with Gasteiger partial charge in [-0.25, -0.2) is 13.4 Å². The molecule has 2 N–H and O–H groups in total. The molecule has 0 saturated carbocycles. The zero-order valence-corrected chi connectivity index (χ0v) is 11.3. The molecular weight excluding hydrogens is 278 g/mol. The molecule has 1 heterocycles. The van der Waals surface area contributed by atoms with Crippen LogP contribution in [0.5, 0.6) is 5.75 Å². The highest BCUT2D eigenvalue weighted by atomic mass is 32.2. The van der Waals surface area contributed by atoms with Crippen molar-refractivity contribution in [1.29, 1.82) is 5.26 Å². The van der Waals surface area contributed by atoms with Crippen LogP contribution in [0, 0.1) is 18.3 Å². The van der Waals surface area contributed by atoms with Gasteiger partial charge in [0.25, 0.3) is 10.0 Å². The van der Waals surface area contributed by atoms with Crippen LogP contribution >= 0.6 is 0 Å². The Hall–Kier alpha value is -2.59. The van der Waals surface area contributed by atoms with Gasteiger partial charge in [-0.15, -0.1) is 0 Å². The summed E-state index contributed by atoms with van der Waals surface area (Å²) in [4.78, 5) is 3.75. The summed E-state index contributed by atoms with van der Waals surface area (Å²) < 4.78 is 26.5. The van der Waals surface area contributed by atoms with Gasteiger partial charge < -0.3 is 5.11 Å². The first-order valence-electron chi connectivity index (χ1n) is 5.61. The number of aromatic nitrogens is 1. The standard InChI is InChI=1S/C13H11N3O3S/c1-9-7-11(5-4-10(9)8-14)20(18,19)16-13-12(17)3-2-6-15-13/h2-7,17H,1H3,(H,15,16). The molecule has 0 radical (unpaired) electrons. The fraction of sp³-hybridized carbons (Fsp3) is 0.0769. The molecule has 102 valence electrons. The van der Waals surface area contributed by atoms with Crippen molar-refractivity contribution in [3.63, 3.8) is 0 Å². The van der Waals surface area contributed by atoms with Gasteiger partial charge in [0.1, 0.15) is 0 Å². The maximum absolute atomic E-state index is 12.2. The van der Waals surface area contributed by atoms with Gasteiger partial charge in [0.05, 0.1) is 16.5 Å². The predicted octanol–water partition coefficient (Wildman–Crippen LogP) is 1.77. The minimum Gasteiger partial charge on any atom is -0.504 e. The number of pyridine rings is 1. The van der Waals surface area contributed by atoms with Crippen molar-refractivity contribution in [3.8, 4) is 11.8 Å². The minimum atomic E-state index is -3.87. The van der Waals surface area contributed by atoms with E-state index in [1.54, 1.807) is 6.92 Å². The van der Waals surface area contributed by atoms with E-state index in [4.69, 9.17) is 5.26 Å². The number of anilines is 1. The van der Waals surface area contributed by atoms with Crippen LogP contribution in [0.4, 0.5) is 5.82 Å². The Morgan fingerprint density at radius 1 is 1.35 bits per heavy atom. The second kappa shape index (κ2) is 5.19. The number of hydrogen-bond donors (Lipinski definition) is 2. The van der Waals surface area contributed by atoms with E-state index < -0.39 is 10.0 Å². The van der Waals surface area contributed by atoms with E-state index in [0.29, 0.717) is 11.1 Å². The lowest BCUT2D eigenvalue weighted by molar-refractivity contribution is 0.475. The molecule has 2 rings (SSSR count). The molecule has 0 aliphatic rings. The van der Waals surface area contributed by atoms with Crippen LogP contribution in [-0.2, 0) is 10.0 Å². The molecule has 0 fully saturated rings. The Balaban J connectivity index is 2.39. The lowest BCUT2D eigenvalue weighted by Gasteiger charge is -2.09. The number of hydrogen-bond acceptors (Lipinski definition) is 5. The lowest BCUT2D eigenvalue weighted by Crippen LogP contribution is -2.14. The summed E-state index contributed by atoms with van der Waals surface area (Å²) >= 11 is 0. The SMILES string of the molecule is Cc1cc(S(=O)(=O)Nc2ncccc2O)ccc1C#N. The minimum absolute atomic E-state index is 0.000877. The van der Waals surface area contributed by atoms with Gasteiger partial charge in [-0.2, -0.15) is 5.26 Å². The van der Waals surface area contributed by atoms with Gasteiger partial charge >= 0.3 is 0 Å². The fourth-order valence-corrected chi connectivity index (χ4v) is 2.70. The number of aromatic hydroxyl groups is 1. The van der Waals surface area contributed by atoms with Crippen LogP contribution in [0.25, 0.3) is 0 Å². The van der Waals surface area contributed by atoms with E-state index in [-0.39, 0.29) is 16.5 Å². The summed E-state index contributed by atoms with van der Waals surface area (Å²) in [5.74, 6) is -0.407. The first kappa shape index (κ1) is 13.8. The molecule has 7 heteroatoms. The molecule has 20 heavy (non-hydrogen) atoms. The number of sulfonamides is 1. The molecule has 0 atom stereocenters. The van der Waals surface area contributed by atoms with Crippen molar-refractivity contribution in [1.82, 2.24) is 4.98 Å². The quantitative estimate of drug-likeness (QED) is 0.896. The van der Waals surface area contributed by atoms with E-state index in [2.05, 4.69) is 9.71 Å². The summed E-state index contributed by atoms with van der Waals surface area (Å²) in [6, 6.07) is 8.93. The summed E-state index contributed by atoms with van der Waals surface area (Å²) in [5, 5.41) is 18.4. The Morgan fingerprint density at radius 3 is 2.70 bits per heavy atom. The van der Waals surface area contributed by atoms with E-state index in [9.17, 15) is 13.5 Å². The number of nitriles is 1. The normalized spacial score (nSPS) is 10.8. The summed E-state index contributed by atoms with van der Waals surface area (Å²) in [7, 11) is -3.87. The van der Waals surface area contributed by atoms with Crippen molar-refractivity contribution in [2.24, 2.45) is 0 Å². The van der Waals surface area contributed by atoms with E-state index in [1.807, 2.05) is 6.07 Å². The molecule has 0 bridgehead atoms. The Labute approximate surface area is 116 Å². The number of nitrogens with one attached hydrogen (secondary N) is 1. The number of aryl methyl sites for hydroxylation is 1. The topological polar surface area (TPSA) is 103 Å². The largest absolute Gasteiger partial charge is 0.504 e. The third-order valence-corrected chi connectivity index (χ3v) is 3.98. The van der Waals surface area contributed by atoms with Crippen LogP contribution in [0.3, 0.4) is 0 Å². The maximum Gasteiger partial charge on any atom is 0.263 e. The molecule has 0 saturated heterocycles. The van der Waals surface area contributed by atoms with Crippen molar-refractivity contribution in [2.75, 3.05) is 4.72 Å². The molecule has 0 amide bonds. The van der Waals surface area contributed by atoms with Crippen LogP contribution < -0.4 is 4.72 Å². The van der Waals surface area contributed by atoms with Crippen LogP contribution in [0.2, 0.25) is 0 Å². The molecule has 1 aromatic carbocycles. The maximum atomic E-state index is 12.2. The summed E-state index contributed by atoms with van der Waals surface area (Å²) in [6.45, 7) is 1.65.